The van der Waals surface area contributed by atoms with Crippen LogP contribution in [-0.4, -0.2) is 49.2 Å². The van der Waals surface area contributed by atoms with Crippen molar-refractivity contribution in [1.29, 1.82) is 0 Å². The topological polar surface area (TPSA) is 152 Å². The van der Waals surface area contributed by atoms with Crippen molar-refractivity contribution in [3.05, 3.63) is 78.1 Å². The van der Waals surface area contributed by atoms with Gasteiger partial charge in [0.25, 0.3) is 5.91 Å². The molecule has 0 aliphatic heterocycles. The van der Waals surface area contributed by atoms with Gasteiger partial charge in [0, 0.05) is 31.0 Å². The highest BCUT2D eigenvalue weighted by Gasteiger charge is 2.20. The Morgan fingerprint density at radius 2 is 1.84 bits per heavy atom. The third-order valence-electron chi connectivity index (χ3n) is 4.63. The summed E-state index contributed by atoms with van der Waals surface area (Å²) in [6, 6.07) is 12.7. The van der Waals surface area contributed by atoms with Gasteiger partial charge in [0.15, 0.2) is 0 Å². The highest BCUT2D eigenvalue weighted by atomic mass is 32.2. The van der Waals surface area contributed by atoms with Crippen LogP contribution in [0.15, 0.2) is 76.8 Å². The van der Waals surface area contributed by atoms with Gasteiger partial charge in [0.1, 0.15) is 18.1 Å². The molecule has 1 atom stereocenters. The van der Waals surface area contributed by atoms with Crippen molar-refractivity contribution in [1.82, 2.24) is 10.3 Å². The van der Waals surface area contributed by atoms with Crippen LogP contribution in [0.1, 0.15) is 22.0 Å². The van der Waals surface area contributed by atoms with Crippen LogP contribution in [0.3, 0.4) is 0 Å². The van der Waals surface area contributed by atoms with Crippen molar-refractivity contribution in [2.45, 2.75) is 15.9 Å². The Balaban J connectivity index is 1.54. The fraction of sp³-hybridized carbons (Fsp3) is 0.182. The monoisotopic (exact) mass is 457 g/mol. The molecule has 10 heteroatoms. The number of aliphatic hydroxyl groups is 1. The van der Waals surface area contributed by atoms with Crippen molar-refractivity contribution in [2.24, 2.45) is 5.73 Å². The first-order valence-corrected chi connectivity index (χ1v) is 11.2. The van der Waals surface area contributed by atoms with Crippen molar-refractivity contribution < 1.29 is 28.2 Å². The molecule has 9 nitrogen and oxygen atoms in total. The van der Waals surface area contributed by atoms with Crippen LogP contribution in [0.25, 0.3) is 0 Å². The summed E-state index contributed by atoms with van der Waals surface area (Å²) in [4.78, 5) is 15.2. The van der Waals surface area contributed by atoms with Crippen LogP contribution in [0, 0.1) is 0 Å². The molecule has 32 heavy (non-hydrogen) atoms. The minimum absolute atomic E-state index is 0.00341. The summed E-state index contributed by atoms with van der Waals surface area (Å²) in [5.41, 5.74) is 5.61. The molecule has 0 saturated heterocycles. The Morgan fingerprint density at radius 3 is 2.50 bits per heavy atom. The van der Waals surface area contributed by atoms with Crippen LogP contribution in [0.5, 0.6) is 11.5 Å². The lowest BCUT2D eigenvalue weighted by Gasteiger charge is -2.12. The van der Waals surface area contributed by atoms with E-state index in [1.807, 2.05) is 0 Å². The zero-order chi connectivity index (χ0) is 23.1. The first kappa shape index (κ1) is 23.2. The van der Waals surface area contributed by atoms with Gasteiger partial charge in [-0.25, -0.2) is 8.42 Å². The van der Waals surface area contributed by atoms with Crippen molar-refractivity contribution >= 4 is 15.7 Å². The van der Waals surface area contributed by atoms with Crippen molar-refractivity contribution in [3.63, 3.8) is 0 Å². The van der Waals surface area contributed by atoms with Crippen LogP contribution in [0.4, 0.5) is 0 Å². The van der Waals surface area contributed by atoms with Gasteiger partial charge in [-0.05, 0) is 48.5 Å². The number of hydrogen-bond donors (Lipinski definition) is 4. The number of aliphatic hydroxyl groups excluding tert-OH is 1. The second kappa shape index (κ2) is 10.2. The van der Waals surface area contributed by atoms with E-state index in [2.05, 4.69) is 10.3 Å². The van der Waals surface area contributed by atoms with Crippen molar-refractivity contribution in [2.75, 3.05) is 19.7 Å². The third-order valence-corrected chi connectivity index (χ3v) is 6.40. The summed E-state index contributed by atoms with van der Waals surface area (Å²) in [5.74, 6) is -0.839. The number of pyridine rings is 1. The van der Waals surface area contributed by atoms with Crippen molar-refractivity contribution in [3.8, 4) is 11.5 Å². The minimum atomic E-state index is -3.91. The maximum absolute atomic E-state index is 12.8. The zero-order valence-corrected chi connectivity index (χ0v) is 17.8. The molecule has 0 radical (unpaired) electrons. The second-order valence-corrected chi connectivity index (χ2v) is 8.82. The molecule has 0 saturated carbocycles. The molecule has 3 aromatic rings. The Hall–Kier alpha value is -3.47. The molecule has 0 aliphatic carbocycles. The highest BCUT2D eigenvalue weighted by molar-refractivity contribution is 7.91. The summed E-state index contributed by atoms with van der Waals surface area (Å²) in [5, 5.41) is 22.8. The minimum Gasteiger partial charge on any atom is -0.507 e. The van der Waals surface area contributed by atoms with Gasteiger partial charge < -0.3 is 26.0 Å². The van der Waals surface area contributed by atoms with E-state index in [-0.39, 0.29) is 21.1 Å². The normalized spacial score (nSPS) is 12.3. The molecule has 0 bridgehead atoms. The maximum Gasteiger partial charge on any atom is 0.252 e. The van der Waals surface area contributed by atoms with Gasteiger partial charge in [-0.15, -0.1) is 0 Å². The largest absolute Gasteiger partial charge is 0.507 e. The molecule has 1 aromatic heterocycles. The van der Waals surface area contributed by atoms with Gasteiger partial charge in [0.2, 0.25) is 9.84 Å². The zero-order valence-electron chi connectivity index (χ0n) is 17.0. The standard InChI is InChI=1S/C22H23N3O6S/c23-22(28)19-12-18(7-8-20(19)26)32(29,30)17-5-3-16(4-6-17)31-11-10-25-14-21(27)15-2-1-9-24-13-15/h1-9,12-13,21,25-27H,10-11,14H2,(H2,23,28)/t21-/m1/s1. The summed E-state index contributed by atoms with van der Waals surface area (Å²) in [6.45, 7) is 1.12. The molecular weight excluding hydrogens is 434 g/mol. The number of sulfone groups is 1. The average Bonchev–Trinajstić information content (AvgIpc) is 2.79. The molecule has 0 aliphatic rings. The number of carbonyl (C=O) groups is 1. The molecule has 2 aromatic carbocycles. The SMILES string of the molecule is NC(=O)c1cc(S(=O)(=O)c2ccc(OCCNC[C@@H](O)c3cccnc3)cc2)ccc1O. The molecule has 1 amide bonds. The molecule has 3 rings (SSSR count). The number of amides is 1. The number of phenols is 1. The quantitative estimate of drug-likeness (QED) is 0.334. The summed E-state index contributed by atoms with van der Waals surface area (Å²) in [6.07, 6.45) is 2.56. The number of carbonyl (C=O) groups excluding carboxylic acids is 1. The highest BCUT2D eigenvalue weighted by Crippen LogP contribution is 2.27. The number of benzene rings is 2. The van der Waals surface area contributed by atoms with Gasteiger partial charge in [-0.3, -0.25) is 9.78 Å². The predicted molar refractivity (Wildman–Crippen MR) is 116 cm³/mol. The number of rotatable bonds is 10. The molecule has 1 heterocycles. The van der Waals surface area contributed by atoms with Gasteiger partial charge in [-0.1, -0.05) is 6.07 Å². The van der Waals surface area contributed by atoms with Gasteiger partial charge in [-0.2, -0.15) is 0 Å². The van der Waals surface area contributed by atoms with Crippen LogP contribution >= 0.6 is 0 Å². The number of ether oxygens (including phenoxy) is 1. The maximum atomic E-state index is 12.8. The smallest absolute Gasteiger partial charge is 0.252 e. The fourth-order valence-electron chi connectivity index (χ4n) is 2.90. The van der Waals surface area contributed by atoms with E-state index < -0.39 is 21.8 Å². The van der Waals surface area contributed by atoms with E-state index in [4.69, 9.17) is 10.5 Å². The Morgan fingerprint density at radius 1 is 1.12 bits per heavy atom. The van der Waals surface area contributed by atoms with E-state index in [9.17, 15) is 23.4 Å². The number of aromatic nitrogens is 1. The number of primary amides is 1. The van der Waals surface area contributed by atoms with E-state index in [1.54, 1.807) is 24.5 Å². The fourth-order valence-corrected chi connectivity index (χ4v) is 4.19. The van der Waals surface area contributed by atoms with Crippen LogP contribution < -0.4 is 15.8 Å². The number of nitrogens with zero attached hydrogens (tertiary/aromatic N) is 1. The predicted octanol–water partition coefficient (Wildman–Crippen LogP) is 1.42. The molecular formula is C22H23N3O6S. The van der Waals surface area contributed by atoms with E-state index in [0.717, 1.165) is 12.1 Å². The average molecular weight is 458 g/mol. The Labute approximate surface area is 185 Å². The number of hydrogen-bond acceptors (Lipinski definition) is 8. The Bertz CT molecular complexity index is 1170. The van der Waals surface area contributed by atoms with Gasteiger partial charge in [0.05, 0.1) is 21.5 Å². The molecule has 5 N–H and O–H groups in total. The lowest BCUT2D eigenvalue weighted by molar-refractivity contribution is 0.0997. The molecule has 168 valence electrons. The van der Waals surface area contributed by atoms with E-state index in [0.29, 0.717) is 31.0 Å². The Kier molecular flexibility index (Phi) is 7.41. The summed E-state index contributed by atoms with van der Waals surface area (Å²) >= 11 is 0. The van der Waals surface area contributed by atoms with E-state index in [1.165, 1.54) is 30.3 Å². The first-order chi connectivity index (χ1) is 15.3. The van der Waals surface area contributed by atoms with Crippen LogP contribution in [0.2, 0.25) is 0 Å². The van der Waals surface area contributed by atoms with Gasteiger partial charge >= 0.3 is 0 Å². The first-order valence-electron chi connectivity index (χ1n) is 9.68. The lowest BCUT2D eigenvalue weighted by atomic mass is 10.1. The molecule has 0 unspecified atom stereocenters. The lowest BCUT2D eigenvalue weighted by Crippen LogP contribution is -2.26. The number of aromatic hydroxyl groups is 1. The van der Waals surface area contributed by atoms with Crippen LogP contribution in [-0.2, 0) is 9.84 Å². The summed E-state index contributed by atoms with van der Waals surface area (Å²) in [7, 11) is -3.91. The third kappa shape index (κ3) is 5.61. The number of nitrogens with two attached hydrogens (primary N) is 1. The summed E-state index contributed by atoms with van der Waals surface area (Å²) < 4.78 is 31.2. The molecule has 0 spiro atoms. The molecule has 0 fully saturated rings. The number of nitrogens with one attached hydrogen (secondary N) is 1. The van der Waals surface area contributed by atoms with E-state index >= 15 is 0 Å². The second-order valence-electron chi connectivity index (χ2n) is 6.87.